The zero-order valence-corrected chi connectivity index (χ0v) is 14.9. The number of fused-ring (bicyclic) bond motifs is 1. The van der Waals surface area contributed by atoms with Crippen molar-refractivity contribution in [2.24, 2.45) is 5.92 Å². The largest absolute Gasteiger partial charge is 0.335 e. The first-order valence-corrected chi connectivity index (χ1v) is 9.21. The quantitative estimate of drug-likeness (QED) is 0.834. The van der Waals surface area contributed by atoms with Crippen molar-refractivity contribution >= 4 is 11.8 Å². The summed E-state index contributed by atoms with van der Waals surface area (Å²) < 4.78 is 13.6. The summed E-state index contributed by atoms with van der Waals surface area (Å²) in [4.78, 5) is 37.1. The first kappa shape index (κ1) is 17.6. The lowest BCUT2D eigenvalue weighted by Crippen LogP contribution is -2.43. The molecule has 0 unspecified atom stereocenters. The van der Waals surface area contributed by atoms with E-state index in [1.54, 1.807) is 11.0 Å². The Hall–Kier alpha value is -2.83. The Kier molecular flexibility index (Phi) is 4.83. The Labute approximate surface area is 157 Å². The number of aromatic nitrogens is 2. The third-order valence-corrected chi connectivity index (χ3v) is 5.40. The second-order valence-corrected chi connectivity index (χ2v) is 7.17. The summed E-state index contributed by atoms with van der Waals surface area (Å²) in [5.74, 6) is -0.169. The zero-order valence-electron chi connectivity index (χ0n) is 14.9. The fourth-order valence-corrected chi connectivity index (χ4v) is 4.11. The summed E-state index contributed by atoms with van der Waals surface area (Å²) >= 11 is 0. The minimum absolute atomic E-state index is 0.0520. The van der Waals surface area contributed by atoms with Gasteiger partial charge in [0.1, 0.15) is 11.5 Å². The fraction of sp³-hybridized carbons (Fsp3) is 0.400. The van der Waals surface area contributed by atoms with E-state index in [-0.39, 0.29) is 29.6 Å². The molecule has 2 aromatic rings. The van der Waals surface area contributed by atoms with Gasteiger partial charge in [-0.2, -0.15) is 0 Å². The average Bonchev–Trinajstić information content (AvgIpc) is 3.04. The van der Waals surface area contributed by atoms with Crippen LogP contribution in [0.1, 0.15) is 35.3 Å². The number of carbonyl (C=O) groups excluding carboxylic acids is 2. The molecule has 140 valence electrons. The number of hydrogen-bond acceptors (Lipinski definition) is 4. The molecule has 4 rings (SSSR count). The van der Waals surface area contributed by atoms with E-state index < -0.39 is 0 Å². The highest BCUT2D eigenvalue weighted by atomic mass is 19.1. The number of rotatable bonds is 3. The number of nitrogens with zero attached hydrogens (tertiary/aromatic N) is 4. The van der Waals surface area contributed by atoms with Crippen molar-refractivity contribution in [2.75, 3.05) is 13.1 Å². The second kappa shape index (κ2) is 7.42. The smallest absolute Gasteiger partial charge is 0.274 e. The first-order chi connectivity index (χ1) is 13.1. The van der Waals surface area contributed by atoms with E-state index in [1.165, 1.54) is 30.7 Å². The van der Waals surface area contributed by atoms with Crippen molar-refractivity contribution in [1.82, 2.24) is 19.8 Å². The van der Waals surface area contributed by atoms with Crippen LogP contribution >= 0.6 is 0 Å². The van der Waals surface area contributed by atoms with Crippen LogP contribution in [0.25, 0.3) is 0 Å². The van der Waals surface area contributed by atoms with Crippen molar-refractivity contribution in [3.8, 4) is 0 Å². The highest BCUT2D eigenvalue weighted by Gasteiger charge is 2.42. The van der Waals surface area contributed by atoms with Gasteiger partial charge in [0.15, 0.2) is 0 Å². The molecule has 2 atom stereocenters. The minimum Gasteiger partial charge on any atom is -0.335 e. The summed E-state index contributed by atoms with van der Waals surface area (Å²) in [6.45, 7) is 1.44. The first-order valence-electron chi connectivity index (χ1n) is 9.21. The summed E-state index contributed by atoms with van der Waals surface area (Å²) in [6.07, 6.45) is 6.71. The number of likely N-dealkylation sites (tertiary alicyclic amines) is 2. The molecule has 0 aliphatic carbocycles. The third-order valence-electron chi connectivity index (χ3n) is 5.40. The van der Waals surface area contributed by atoms with Gasteiger partial charge < -0.3 is 9.80 Å². The Bertz CT molecular complexity index is 845. The molecule has 2 saturated heterocycles. The van der Waals surface area contributed by atoms with E-state index in [4.69, 9.17) is 0 Å². The van der Waals surface area contributed by atoms with Crippen LogP contribution in [-0.4, -0.2) is 50.7 Å². The Balaban J connectivity index is 1.55. The molecule has 6 nitrogen and oxygen atoms in total. The molecule has 2 fully saturated rings. The molecule has 0 N–H and O–H groups in total. The van der Waals surface area contributed by atoms with Gasteiger partial charge in [0, 0.05) is 38.4 Å². The molecule has 7 heteroatoms. The third kappa shape index (κ3) is 3.67. The van der Waals surface area contributed by atoms with Gasteiger partial charge in [0.05, 0.1) is 12.2 Å². The summed E-state index contributed by atoms with van der Waals surface area (Å²) in [5, 5.41) is 0. The predicted octanol–water partition coefficient (Wildman–Crippen LogP) is 2.27. The number of benzene rings is 1. The van der Waals surface area contributed by atoms with Crippen molar-refractivity contribution in [2.45, 2.75) is 31.8 Å². The van der Waals surface area contributed by atoms with Crippen molar-refractivity contribution < 1.29 is 14.0 Å². The van der Waals surface area contributed by atoms with Gasteiger partial charge in [-0.05, 0) is 36.5 Å². The van der Waals surface area contributed by atoms with Crippen molar-refractivity contribution in [3.05, 3.63) is 59.9 Å². The molecule has 2 aliphatic rings. The topological polar surface area (TPSA) is 66.4 Å². The van der Waals surface area contributed by atoms with Crippen LogP contribution in [0.15, 0.2) is 42.9 Å². The van der Waals surface area contributed by atoms with E-state index in [0.717, 1.165) is 18.4 Å². The maximum atomic E-state index is 13.6. The van der Waals surface area contributed by atoms with Gasteiger partial charge in [0.2, 0.25) is 5.91 Å². The molecular formula is C20H21FN4O2. The van der Waals surface area contributed by atoms with Gasteiger partial charge in [-0.15, -0.1) is 0 Å². The lowest BCUT2D eigenvalue weighted by molar-refractivity contribution is -0.133. The monoisotopic (exact) mass is 368 g/mol. The summed E-state index contributed by atoms with van der Waals surface area (Å²) in [7, 11) is 0. The average molecular weight is 368 g/mol. The molecule has 0 saturated carbocycles. The molecule has 1 aromatic heterocycles. The van der Waals surface area contributed by atoms with Crippen molar-refractivity contribution in [3.63, 3.8) is 0 Å². The van der Waals surface area contributed by atoms with Crippen LogP contribution in [-0.2, 0) is 11.3 Å². The Morgan fingerprint density at radius 2 is 2.15 bits per heavy atom. The number of amides is 2. The van der Waals surface area contributed by atoms with E-state index in [2.05, 4.69) is 9.97 Å². The molecule has 0 spiro atoms. The van der Waals surface area contributed by atoms with Gasteiger partial charge in [-0.3, -0.25) is 14.6 Å². The predicted molar refractivity (Wildman–Crippen MR) is 96.0 cm³/mol. The van der Waals surface area contributed by atoms with Gasteiger partial charge in [0.25, 0.3) is 5.91 Å². The van der Waals surface area contributed by atoms with Crippen LogP contribution in [0, 0.1) is 11.7 Å². The van der Waals surface area contributed by atoms with Crippen molar-refractivity contribution in [1.29, 1.82) is 0 Å². The Morgan fingerprint density at radius 1 is 1.26 bits per heavy atom. The van der Waals surface area contributed by atoms with Crippen LogP contribution in [0.5, 0.6) is 0 Å². The highest BCUT2D eigenvalue weighted by Crippen LogP contribution is 2.32. The summed E-state index contributed by atoms with van der Waals surface area (Å²) in [5.41, 5.74) is 1.08. The maximum absolute atomic E-state index is 13.6. The van der Waals surface area contributed by atoms with E-state index in [1.807, 2.05) is 11.0 Å². The van der Waals surface area contributed by atoms with Gasteiger partial charge in [-0.25, -0.2) is 9.37 Å². The zero-order chi connectivity index (χ0) is 18.8. The maximum Gasteiger partial charge on any atom is 0.274 e. The molecule has 0 radical (unpaired) electrons. The molecule has 27 heavy (non-hydrogen) atoms. The SMILES string of the molecule is O=C(c1cnccn1)N1C[C@H]2CCCC(=O)N(Cc3cccc(F)c3)[C@H]2C1. The minimum atomic E-state index is -0.308. The Morgan fingerprint density at radius 3 is 2.93 bits per heavy atom. The summed E-state index contributed by atoms with van der Waals surface area (Å²) in [6, 6.07) is 6.29. The van der Waals surface area contributed by atoms with Gasteiger partial charge in [-0.1, -0.05) is 12.1 Å². The van der Waals surface area contributed by atoms with Gasteiger partial charge >= 0.3 is 0 Å². The number of carbonyl (C=O) groups is 2. The van der Waals surface area contributed by atoms with Crippen LogP contribution in [0.3, 0.4) is 0 Å². The normalized spacial score (nSPS) is 22.5. The number of halogens is 1. The van der Waals surface area contributed by atoms with Crippen LogP contribution < -0.4 is 0 Å². The second-order valence-electron chi connectivity index (χ2n) is 7.17. The molecule has 2 amide bonds. The molecule has 0 bridgehead atoms. The van der Waals surface area contributed by atoms with E-state index in [9.17, 15) is 14.0 Å². The standard InChI is InChI=1S/C20H21FN4O2/c21-16-5-1-3-14(9-16)11-25-18-13-24(12-15(18)4-2-6-19(25)26)20(27)17-10-22-7-8-23-17/h1,3,5,7-10,15,18H,2,4,6,11-13H2/t15-,18+/m1/s1. The molecule has 2 aliphatic heterocycles. The lowest BCUT2D eigenvalue weighted by atomic mass is 9.98. The molecule has 1 aromatic carbocycles. The van der Waals surface area contributed by atoms with Crippen LogP contribution in [0.4, 0.5) is 4.39 Å². The van der Waals surface area contributed by atoms with E-state index >= 15 is 0 Å². The van der Waals surface area contributed by atoms with E-state index in [0.29, 0.717) is 31.7 Å². The molecule has 3 heterocycles. The number of hydrogen-bond donors (Lipinski definition) is 0. The fourth-order valence-electron chi connectivity index (χ4n) is 4.11. The lowest BCUT2D eigenvalue weighted by Gasteiger charge is -2.30. The van der Waals surface area contributed by atoms with Crippen LogP contribution in [0.2, 0.25) is 0 Å². The highest BCUT2D eigenvalue weighted by molar-refractivity contribution is 5.92. The molecular weight excluding hydrogens is 347 g/mol.